The summed E-state index contributed by atoms with van der Waals surface area (Å²) < 4.78 is 5.47. The molecule has 0 spiro atoms. The number of hydrogen-bond acceptors (Lipinski definition) is 6. The molecule has 2 aliphatic heterocycles. The topological polar surface area (TPSA) is 73.5 Å². The Morgan fingerprint density at radius 3 is 2.68 bits per heavy atom. The Balaban J connectivity index is 1.39. The van der Waals surface area contributed by atoms with Gasteiger partial charge in [-0.05, 0) is 69.0 Å². The van der Waals surface area contributed by atoms with E-state index in [9.17, 15) is 4.79 Å². The molecule has 3 heterocycles. The fourth-order valence-electron chi connectivity index (χ4n) is 5.34. The lowest BCUT2D eigenvalue weighted by Gasteiger charge is -2.31. The second-order valence-electron chi connectivity index (χ2n) is 9.58. The lowest BCUT2D eigenvalue weighted by molar-refractivity contribution is -0.120. The lowest BCUT2D eigenvalue weighted by Crippen LogP contribution is -2.46. The normalized spacial score (nSPS) is 19.8. The molecule has 0 saturated carbocycles. The number of ether oxygens (including phenoxy) is 1. The summed E-state index contributed by atoms with van der Waals surface area (Å²) in [5, 5.41) is 13.7. The number of carbonyl (C=O) groups is 1. The van der Waals surface area contributed by atoms with Crippen LogP contribution in [-0.2, 0) is 9.53 Å². The Bertz CT molecular complexity index is 1280. The van der Waals surface area contributed by atoms with Crippen LogP contribution in [0.2, 0.25) is 0 Å². The summed E-state index contributed by atoms with van der Waals surface area (Å²) in [6.07, 6.45) is 4.24. The standard InChI is InChI=1S/C29H35N5O2S/c1-4-26(37-5-2)28(34-14-6-7-20(34)3)29(35)30-22-10-13-25-24(19-22)27(32-31-25)21-8-11-23(12-9-21)33-15-17-36-18-16-33/h4-5,8-13,19-20,28H,2,6-7,14-18H2,1,3H3,(H,30,35)(H,31,32)/b26-4-/t20-,28-/m0/s1. The van der Waals surface area contributed by atoms with Crippen LogP contribution in [0.4, 0.5) is 11.4 Å². The summed E-state index contributed by atoms with van der Waals surface area (Å²) in [4.78, 5) is 19.3. The van der Waals surface area contributed by atoms with Crippen LogP contribution >= 0.6 is 11.8 Å². The minimum absolute atomic E-state index is 0.0181. The smallest absolute Gasteiger partial charge is 0.246 e. The van der Waals surface area contributed by atoms with E-state index in [1.165, 1.54) is 17.4 Å². The van der Waals surface area contributed by atoms with Crippen molar-refractivity contribution in [2.75, 3.05) is 43.1 Å². The Kier molecular flexibility index (Phi) is 7.98. The van der Waals surface area contributed by atoms with Crippen molar-refractivity contribution in [2.24, 2.45) is 0 Å². The molecule has 2 atom stereocenters. The summed E-state index contributed by atoms with van der Waals surface area (Å²) in [7, 11) is 0. The van der Waals surface area contributed by atoms with Crippen LogP contribution in [0.25, 0.3) is 22.2 Å². The van der Waals surface area contributed by atoms with Gasteiger partial charge >= 0.3 is 0 Å². The van der Waals surface area contributed by atoms with E-state index < -0.39 is 0 Å². The van der Waals surface area contributed by atoms with Crippen molar-refractivity contribution in [3.8, 4) is 11.3 Å². The first-order chi connectivity index (χ1) is 18.1. The largest absolute Gasteiger partial charge is 0.378 e. The first-order valence-corrected chi connectivity index (χ1v) is 13.9. The maximum absolute atomic E-state index is 13.7. The summed E-state index contributed by atoms with van der Waals surface area (Å²) >= 11 is 1.52. The lowest BCUT2D eigenvalue weighted by atomic mass is 10.1. The number of H-pyrrole nitrogens is 1. The summed E-state index contributed by atoms with van der Waals surface area (Å²) in [6.45, 7) is 12.3. The first-order valence-electron chi connectivity index (χ1n) is 13.0. The SMILES string of the molecule is C=CS/C(=C\C)[C@@H](C(=O)Nc1ccc2[nH]nc(-c3ccc(N4CCOCC4)cc3)c2c1)N1CCC[C@@H]1C. The molecule has 0 unspecified atom stereocenters. The number of aromatic nitrogens is 2. The summed E-state index contributed by atoms with van der Waals surface area (Å²) in [5.74, 6) is -0.0181. The van der Waals surface area contributed by atoms with Crippen molar-refractivity contribution in [1.29, 1.82) is 0 Å². The molecular weight excluding hydrogens is 482 g/mol. The van der Waals surface area contributed by atoms with Gasteiger partial charge in [-0.25, -0.2) is 0 Å². The molecule has 2 aromatic carbocycles. The molecule has 2 aliphatic rings. The number of thioether (sulfide) groups is 1. The van der Waals surface area contributed by atoms with Gasteiger partial charge in [0.2, 0.25) is 5.91 Å². The summed E-state index contributed by atoms with van der Waals surface area (Å²) in [6, 6.07) is 14.5. The number of morpholine rings is 1. The number of anilines is 2. The van der Waals surface area contributed by atoms with Crippen molar-refractivity contribution in [1.82, 2.24) is 15.1 Å². The van der Waals surface area contributed by atoms with Crippen LogP contribution in [0.15, 0.2) is 65.4 Å². The van der Waals surface area contributed by atoms with E-state index in [-0.39, 0.29) is 11.9 Å². The molecular formula is C29H35N5O2S. The zero-order valence-electron chi connectivity index (χ0n) is 21.6. The molecule has 0 bridgehead atoms. The molecule has 5 rings (SSSR count). The maximum Gasteiger partial charge on any atom is 0.246 e. The van der Waals surface area contributed by atoms with Crippen LogP contribution in [-0.4, -0.2) is 65.9 Å². The molecule has 2 fully saturated rings. The quantitative estimate of drug-likeness (QED) is 0.403. The van der Waals surface area contributed by atoms with Crippen LogP contribution in [0.3, 0.4) is 0 Å². The molecule has 3 aromatic rings. The number of nitrogens with zero attached hydrogens (tertiary/aromatic N) is 3. The average molecular weight is 518 g/mol. The van der Waals surface area contributed by atoms with Crippen molar-refractivity contribution in [3.63, 3.8) is 0 Å². The third-order valence-electron chi connectivity index (χ3n) is 7.31. The van der Waals surface area contributed by atoms with Gasteiger partial charge < -0.3 is 15.0 Å². The molecule has 37 heavy (non-hydrogen) atoms. The van der Waals surface area contributed by atoms with Crippen LogP contribution in [0, 0.1) is 0 Å². The third-order valence-corrected chi connectivity index (χ3v) is 8.20. The van der Waals surface area contributed by atoms with Crippen LogP contribution in [0.5, 0.6) is 0 Å². The fraction of sp³-hybridized carbons (Fsp3) is 0.379. The highest BCUT2D eigenvalue weighted by molar-refractivity contribution is 8.05. The van der Waals surface area contributed by atoms with E-state index in [0.717, 1.165) is 78.4 Å². The Morgan fingerprint density at radius 2 is 2.00 bits per heavy atom. The van der Waals surface area contributed by atoms with Crippen molar-refractivity contribution < 1.29 is 9.53 Å². The van der Waals surface area contributed by atoms with Gasteiger partial charge in [0, 0.05) is 46.4 Å². The number of allylic oxidation sites excluding steroid dienone is 1. The zero-order chi connectivity index (χ0) is 25.8. The molecule has 0 radical (unpaired) electrons. The number of amides is 1. The Labute approximate surface area is 222 Å². The minimum Gasteiger partial charge on any atom is -0.378 e. The van der Waals surface area contributed by atoms with Gasteiger partial charge in [-0.1, -0.05) is 24.8 Å². The third kappa shape index (κ3) is 5.46. The number of nitrogens with one attached hydrogen (secondary N) is 2. The zero-order valence-corrected chi connectivity index (χ0v) is 22.4. The molecule has 0 aliphatic carbocycles. The number of carbonyl (C=O) groups excluding carboxylic acids is 1. The second-order valence-corrected chi connectivity index (χ2v) is 10.6. The maximum atomic E-state index is 13.7. The van der Waals surface area contributed by atoms with Gasteiger partial charge in [0.05, 0.1) is 24.4 Å². The van der Waals surface area contributed by atoms with Gasteiger partial charge in [-0.2, -0.15) is 5.10 Å². The van der Waals surface area contributed by atoms with Crippen LogP contribution in [0.1, 0.15) is 26.7 Å². The molecule has 1 aromatic heterocycles. The number of fused-ring (bicyclic) bond motifs is 1. The highest BCUT2D eigenvalue weighted by Crippen LogP contribution is 2.33. The number of likely N-dealkylation sites (tertiary alicyclic amines) is 1. The minimum atomic E-state index is -0.335. The first kappa shape index (κ1) is 25.6. The number of aromatic amines is 1. The van der Waals surface area contributed by atoms with Gasteiger partial charge in [-0.3, -0.25) is 14.8 Å². The van der Waals surface area contributed by atoms with E-state index in [2.05, 4.69) is 63.1 Å². The van der Waals surface area contributed by atoms with E-state index in [1.54, 1.807) is 5.41 Å². The van der Waals surface area contributed by atoms with Gasteiger partial charge in [-0.15, -0.1) is 11.8 Å². The highest BCUT2D eigenvalue weighted by Gasteiger charge is 2.35. The fourth-order valence-corrected chi connectivity index (χ4v) is 6.04. The van der Waals surface area contributed by atoms with E-state index in [4.69, 9.17) is 4.74 Å². The van der Waals surface area contributed by atoms with E-state index in [1.807, 2.05) is 31.2 Å². The summed E-state index contributed by atoms with van der Waals surface area (Å²) in [5.41, 5.74) is 4.81. The molecule has 1 amide bonds. The predicted molar refractivity (Wildman–Crippen MR) is 154 cm³/mol. The number of rotatable bonds is 8. The van der Waals surface area contributed by atoms with Crippen molar-refractivity contribution >= 4 is 39.9 Å². The molecule has 2 N–H and O–H groups in total. The predicted octanol–water partition coefficient (Wildman–Crippen LogP) is 5.64. The number of hydrogen-bond donors (Lipinski definition) is 2. The van der Waals surface area contributed by atoms with Crippen molar-refractivity contribution in [3.05, 3.63) is 65.4 Å². The van der Waals surface area contributed by atoms with Crippen molar-refractivity contribution in [2.45, 2.75) is 38.8 Å². The molecule has 2 saturated heterocycles. The van der Waals surface area contributed by atoms with Gasteiger partial charge in [0.25, 0.3) is 0 Å². The monoisotopic (exact) mass is 517 g/mol. The Morgan fingerprint density at radius 1 is 1.22 bits per heavy atom. The highest BCUT2D eigenvalue weighted by atomic mass is 32.2. The number of benzene rings is 2. The Hall–Kier alpha value is -3.07. The molecule has 7 nitrogen and oxygen atoms in total. The second kappa shape index (κ2) is 11.5. The van der Waals surface area contributed by atoms with E-state index >= 15 is 0 Å². The average Bonchev–Trinajstić information content (AvgIpc) is 3.55. The molecule has 8 heteroatoms. The molecule has 194 valence electrons. The van der Waals surface area contributed by atoms with E-state index in [0.29, 0.717) is 6.04 Å². The van der Waals surface area contributed by atoms with Crippen LogP contribution < -0.4 is 10.2 Å². The van der Waals surface area contributed by atoms with Gasteiger partial charge in [0.15, 0.2) is 0 Å². The van der Waals surface area contributed by atoms with Gasteiger partial charge in [0.1, 0.15) is 6.04 Å².